The maximum absolute atomic E-state index is 5.38. The predicted molar refractivity (Wildman–Crippen MR) is 46.7 cm³/mol. The molecule has 1 heterocycles. The summed E-state index contributed by atoms with van der Waals surface area (Å²) in [6, 6.07) is 0.648. The van der Waals surface area contributed by atoms with Gasteiger partial charge in [-0.05, 0) is 26.4 Å². The summed E-state index contributed by atoms with van der Waals surface area (Å²) < 4.78 is 5.38. The predicted octanol–water partition coefficient (Wildman–Crippen LogP) is 1.28. The van der Waals surface area contributed by atoms with Crippen LogP contribution in [-0.2, 0) is 4.74 Å². The first-order chi connectivity index (χ1) is 5.34. The van der Waals surface area contributed by atoms with Gasteiger partial charge in [0.05, 0.1) is 13.2 Å². The van der Waals surface area contributed by atoms with Gasteiger partial charge in [-0.25, -0.2) is 0 Å². The Labute approximate surface area is 68.8 Å². The van der Waals surface area contributed by atoms with Crippen molar-refractivity contribution >= 4 is 0 Å². The Kier molecular flexibility index (Phi) is 3.60. The van der Waals surface area contributed by atoms with Crippen LogP contribution in [0, 0.1) is 0 Å². The van der Waals surface area contributed by atoms with Gasteiger partial charge in [-0.2, -0.15) is 0 Å². The largest absolute Gasteiger partial charge is 0.376 e. The fraction of sp³-hybridized carbons (Fsp3) is 0.778. The van der Waals surface area contributed by atoms with E-state index in [4.69, 9.17) is 4.74 Å². The molecule has 0 bridgehead atoms. The van der Waals surface area contributed by atoms with E-state index in [1.54, 1.807) is 6.08 Å². The van der Waals surface area contributed by atoms with Gasteiger partial charge in [-0.15, -0.1) is 6.58 Å². The minimum Gasteiger partial charge on any atom is -0.376 e. The average Bonchev–Trinajstić information content (AvgIpc) is 2.37. The SMILES string of the molecule is C=CCOCC1CCCN1C. The van der Waals surface area contributed by atoms with Gasteiger partial charge >= 0.3 is 0 Å². The minimum atomic E-state index is 0.648. The smallest absolute Gasteiger partial charge is 0.0645 e. The van der Waals surface area contributed by atoms with E-state index < -0.39 is 0 Å². The molecule has 1 aliphatic rings. The van der Waals surface area contributed by atoms with E-state index in [-0.39, 0.29) is 0 Å². The van der Waals surface area contributed by atoms with Crippen LogP contribution >= 0.6 is 0 Å². The van der Waals surface area contributed by atoms with Crippen molar-refractivity contribution < 1.29 is 4.74 Å². The minimum absolute atomic E-state index is 0.648. The van der Waals surface area contributed by atoms with E-state index in [9.17, 15) is 0 Å². The van der Waals surface area contributed by atoms with Crippen molar-refractivity contribution in [3.8, 4) is 0 Å². The van der Waals surface area contributed by atoms with Crippen LogP contribution in [-0.4, -0.2) is 37.7 Å². The van der Waals surface area contributed by atoms with Crippen LogP contribution in [0.25, 0.3) is 0 Å². The number of rotatable bonds is 4. The van der Waals surface area contributed by atoms with Gasteiger partial charge in [0.25, 0.3) is 0 Å². The molecule has 0 radical (unpaired) electrons. The third-order valence-electron chi connectivity index (χ3n) is 2.22. The van der Waals surface area contributed by atoms with Crippen LogP contribution in [0.3, 0.4) is 0 Å². The average molecular weight is 155 g/mol. The molecule has 1 atom stereocenters. The first-order valence-electron chi connectivity index (χ1n) is 4.23. The Morgan fingerprint density at radius 3 is 3.09 bits per heavy atom. The number of hydrogen-bond donors (Lipinski definition) is 0. The molecule has 0 aromatic heterocycles. The molecule has 0 amide bonds. The molecule has 0 aromatic carbocycles. The van der Waals surface area contributed by atoms with Crippen molar-refractivity contribution in [1.82, 2.24) is 4.90 Å². The van der Waals surface area contributed by atoms with E-state index in [2.05, 4.69) is 18.5 Å². The zero-order valence-corrected chi connectivity index (χ0v) is 7.25. The first-order valence-corrected chi connectivity index (χ1v) is 4.23. The highest BCUT2D eigenvalue weighted by Gasteiger charge is 2.20. The standard InChI is InChI=1S/C9H17NO/c1-3-7-11-8-9-5-4-6-10(9)2/h3,9H,1,4-8H2,2H3. The van der Waals surface area contributed by atoms with E-state index in [0.29, 0.717) is 12.6 Å². The van der Waals surface area contributed by atoms with Crippen LogP contribution in [0.4, 0.5) is 0 Å². The van der Waals surface area contributed by atoms with Crippen LogP contribution in [0.2, 0.25) is 0 Å². The fourth-order valence-corrected chi connectivity index (χ4v) is 1.48. The van der Waals surface area contributed by atoms with Gasteiger partial charge in [0, 0.05) is 6.04 Å². The first kappa shape index (κ1) is 8.75. The van der Waals surface area contributed by atoms with Crippen LogP contribution < -0.4 is 0 Å². The second-order valence-electron chi connectivity index (χ2n) is 3.10. The lowest BCUT2D eigenvalue weighted by Crippen LogP contribution is -2.29. The van der Waals surface area contributed by atoms with Crippen molar-refractivity contribution in [3.63, 3.8) is 0 Å². The highest BCUT2D eigenvalue weighted by molar-refractivity contribution is 4.76. The Morgan fingerprint density at radius 2 is 2.55 bits per heavy atom. The molecule has 0 saturated carbocycles. The highest BCUT2D eigenvalue weighted by Crippen LogP contribution is 2.14. The van der Waals surface area contributed by atoms with Crippen molar-refractivity contribution in [2.45, 2.75) is 18.9 Å². The Bertz CT molecular complexity index is 125. The van der Waals surface area contributed by atoms with Crippen LogP contribution in [0.15, 0.2) is 12.7 Å². The number of likely N-dealkylation sites (tertiary alicyclic amines) is 1. The summed E-state index contributed by atoms with van der Waals surface area (Å²) >= 11 is 0. The molecule has 1 fully saturated rings. The number of ether oxygens (including phenoxy) is 1. The quantitative estimate of drug-likeness (QED) is 0.448. The molecule has 0 N–H and O–H groups in total. The molecule has 2 heteroatoms. The monoisotopic (exact) mass is 155 g/mol. The molecule has 0 aliphatic carbocycles. The Morgan fingerprint density at radius 1 is 1.73 bits per heavy atom. The zero-order valence-electron chi connectivity index (χ0n) is 7.25. The fourth-order valence-electron chi connectivity index (χ4n) is 1.48. The molecule has 1 unspecified atom stereocenters. The summed E-state index contributed by atoms with van der Waals surface area (Å²) in [5.74, 6) is 0. The van der Waals surface area contributed by atoms with Gasteiger partial charge in [0.2, 0.25) is 0 Å². The molecule has 0 aromatic rings. The number of likely N-dealkylation sites (N-methyl/N-ethyl adjacent to an activating group) is 1. The van der Waals surface area contributed by atoms with Crippen molar-refractivity contribution in [2.24, 2.45) is 0 Å². The lowest BCUT2D eigenvalue weighted by molar-refractivity contribution is 0.105. The van der Waals surface area contributed by atoms with E-state index in [0.717, 1.165) is 6.61 Å². The Balaban J connectivity index is 2.10. The lowest BCUT2D eigenvalue weighted by atomic mass is 10.2. The van der Waals surface area contributed by atoms with Crippen molar-refractivity contribution in [2.75, 3.05) is 26.8 Å². The van der Waals surface area contributed by atoms with Gasteiger partial charge in [0.1, 0.15) is 0 Å². The summed E-state index contributed by atoms with van der Waals surface area (Å²) in [5, 5.41) is 0. The molecule has 1 saturated heterocycles. The normalized spacial score (nSPS) is 25.7. The summed E-state index contributed by atoms with van der Waals surface area (Å²) in [7, 11) is 2.16. The third-order valence-corrected chi connectivity index (χ3v) is 2.22. The highest BCUT2D eigenvalue weighted by atomic mass is 16.5. The van der Waals surface area contributed by atoms with Gasteiger partial charge in [-0.3, -0.25) is 0 Å². The van der Waals surface area contributed by atoms with Crippen LogP contribution in [0.1, 0.15) is 12.8 Å². The van der Waals surface area contributed by atoms with E-state index in [1.165, 1.54) is 19.4 Å². The van der Waals surface area contributed by atoms with Crippen LogP contribution in [0.5, 0.6) is 0 Å². The Hall–Kier alpha value is -0.340. The summed E-state index contributed by atoms with van der Waals surface area (Å²) in [6.45, 7) is 6.38. The second-order valence-corrected chi connectivity index (χ2v) is 3.10. The topological polar surface area (TPSA) is 12.5 Å². The molecule has 64 valence electrons. The summed E-state index contributed by atoms with van der Waals surface area (Å²) in [4.78, 5) is 2.36. The maximum Gasteiger partial charge on any atom is 0.0645 e. The molecule has 1 rings (SSSR count). The van der Waals surface area contributed by atoms with E-state index >= 15 is 0 Å². The molecule has 1 aliphatic heterocycles. The maximum atomic E-state index is 5.38. The van der Waals surface area contributed by atoms with E-state index in [1.807, 2.05) is 0 Å². The summed E-state index contributed by atoms with van der Waals surface area (Å²) in [6.07, 6.45) is 4.40. The van der Waals surface area contributed by atoms with Gasteiger partial charge < -0.3 is 9.64 Å². The number of nitrogens with zero attached hydrogens (tertiary/aromatic N) is 1. The molecular weight excluding hydrogens is 138 g/mol. The summed E-state index contributed by atoms with van der Waals surface area (Å²) in [5.41, 5.74) is 0. The van der Waals surface area contributed by atoms with Crippen molar-refractivity contribution in [1.29, 1.82) is 0 Å². The number of hydrogen-bond acceptors (Lipinski definition) is 2. The molecular formula is C9H17NO. The van der Waals surface area contributed by atoms with Gasteiger partial charge in [-0.1, -0.05) is 6.08 Å². The van der Waals surface area contributed by atoms with Gasteiger partial charge in [0.15, 0.2) is 0 Å². The molecule has 2 nitrogen and oxygen atoms in total. The lowest BCUT2D eigenvalue weighted by Gasteiger charge is -2.18. The van der Waals surface area contributed by atoms with Crippen molar-refractivity contribution in [3.05, 3.63) is 12.7 Å². The second kappa shape index (κ2) is 4.52. The third kappa shape index (κ3) is 2.64. The zero-order chi connectivity index (χ0) is 8.10. The molecule has 0 spiro atoms. The molecule has 11 heavy (non-hydrogen) atoms.